The molecule has 0 saturated heterocycles. The van der Waals surface area contributed by atoms with Crippen LogP contribution in [0.4, 0.5) is 4.79 Å². The minimum atomic E-state index is -0.911. The standard InChI is InChI=1S/C18H28N2O4/c1-13(21)20(5)12-16(22)15(11-14-9-7-6-8-10-14)19-17(23)24-18(2,3)4/h6-10,15-16,22H,11-12H2,1-5H3,(H,19,23)/t15-,16-/m1/s1. The van der Waals surface area contributed by atoms with Gasteiger partial charge in [-0.2, -0.15) is 0 Å². The van der Waals surface area contributed by atoms with Gasteiger partial charge >= 0.3 is 6.09 Å². The third-order valence-electron chi connectivity index (χ3n) is 3.46. The van der Waals surface area contributed by atoms with Crippen molar-refractivity contribution in [3.8, 4) is 0 Å². The number of amides is 2. The molecule has 0 aliphatic heterocycles. The largest absolute Gasteiger partial charge is 0.444 e. The zero-order chi connectivity index (χ0) is 18.3. The first kappa shape index (κ1) is 20.0. The van der Waals surface area contributed by atoms with Gasteiger partial charge in [-0.3, -0.25) is 4.79 Å². The number of nitrogens with zero attached hydrogens (tertiary/aromatic N) is 1. The second-order valence-electron chi connectivity index (χ2n) is 6.91. The Balaban J connectivity index is 2.82. The first-order chi connectivity index (χ1) is 11.1. The monoisotopic (exact) mass is 336 g/mol. The van der Waals surface area contributed by atoms with E-state index in [0.717, 1.165) is 5.56 Å². The average Bonchev–Trinajstić information content (AvgIpc) is 2.45. The molecule has 0 aromatic heterocycles. The number of aliphatic hydroxyl groups excluding tert-OH is 1. The van der Waals surface area contributed by atoms with Crippen LogP contribution in [0.5, 0.6) is 0 Å². The molecule has 2 amide bonds. The van der Waals surface area contributed by atoms with Gasteiger partial charge in [0.2, 0.25) is 5.91 Å². The van der Waals surface area contributed by atoms with Crippen molar-refractivity contribution in [3.05, 3.63) is 35.9 Å². The lowest BCUT2D eigenvalue weighted by atomic mass is 10.0. The molecule has 0 aliphatic carbocycles. The first-order valence-electron chi connectivity index (χ1n) is 8.01. The molecular formula is C18H28N2O4. The molecule has 6 heteroatoms. The summed E-state index contributed by atoms with van der Waals surface area (Å²) >= 11 is 0. The molecule has 0 radical (unpaired) electrons. The van der Waals surface area contributed by atoms with Gasteiger partial charge in [0, 0.05) is 20.5 Å². The minimum absolute atomic E-state index is 0.128. The highest BCUT2D eigenvalue weighted by Gasteiger charge is 2.26. The molecule has 0 aliphatic rings. The molecular weight excluding hydrogens is 308 g/mol. The Morgan fingerprint density at radius 1 is 1.25 bits per heavy atom. The number of hydrogen-bond acceptors (Lipinski definition) is 4. The third kappa shape index (κ3) is 7.46. The van der Waals surface area contributed by atoms with Crippen LogP contribution in [0.3, 0.4) is 0 Å². The van der Waals surface area contributed by atoms with E-state index in [-0.39, 0.29) is 12.5 Å². The van der Waals surface area contributed by atoms with E-state index in [4.69, 9.17) is 4.74 Å². The van der Waals surface area contributed by atoms with Gasteiger partial charge in [0.25, 0.3) is 0 Å². The summed E-state index contributed by atoms with van der Waals surface area (Å²) in [4.78, 5) is 24.8. The zero-order valence-electron chi connectivity index (χ0n) is 15.1. The number of alkyl carbamates (subject to hydrolysis) is 1. The number of nitrogens with one attached hydrogen (secondary N) is 1. The van der Waals surface area contributed by atoms with Crippen LogP contribution in [0.15, 0.2) is 30.3 Å². The number of likely N-dealkylation sites (N-methyl/N-ethyl adjacent to an activating group) is 1. The number of hydrogen-bond donors (Lipinski definition) is 2. The maximum absolute atomic E-state index is 12.1. The lowest BCUT2D eigenvalue weighted by Gasteiger charge is -2.29. The molecule has 2 N–H and O–H groups in total. The fraction of sp³-hybridized carbons (Fsp3) is 0.556. The number of carbonyl (C=O) groups excluding carboxylic acids is 2. The van der Waals surface area contributed by atoms with Crippen molar-refractivity contribution < 1.29 is 19.4 Å². The summed E-state index contributed by atoms with van der Waals surface area (Å²) in [5.41, 5.74) is 0.353. The molecule has 134 valence electrons. The van der Waals surface area contributed by atoms with Gasteiger partial charge in [0.05, 0.1) is 12.1 Å². The smallest absolute Gasteiger partial charge is 0.407 e. The predicted molar refractivity (Wildman–Crippen MR) is 92.6 cm³/mol. The third-order valence-corrected chi connectivity index (χ3v) is 3.46. The second kappa shape index (κ2) is 8.68. The van der Waals surface area contributed by atoms with Crippen LogP contribution in [-0.2, 0) is 16.0 Å². The quantitative estimate of drug-likeness (QED) is 0.832. The number of benzene rings is 1. The van der Waals surface area contributed by atoms with Crippen molar-refractivity contribution in [2.24, 2.45) is 0 Å². The van der Waals surface area contributed by atoms with Crippen molar-refractivity contribution >= 4 is 12.0 Å². The van der Waals surface area contributed by atoms with Crippen molar-refractivity contribution in [3.63, 3.8) is 0 Å². The van der Waals surface area contributed by atoms with E-state index in [1.165, 1.54) is 11.8 Å². The van der Waals surface area contributed by atoms with Crippen LogP contribution in [0, 0.1) is 0 Å². The normalized spacial score (nSPS) is 13.8. The average molecular weight is 336 g/mol. The topological polar surface area (TPSA) is 78.9 Å². The van der Waals surface area contributed by atoms with Gasteiger partial charge < -0.3 is 20.1 Å². The summed E-state index contributed by atoms with van der Waals surface area (Å²) in [6, 6.07) is 8.97. The van der Waals surface area contributed by atoms with E-state index in [1.807, 2.05) is 30.3 Å². The summed E-state index contributed by atoms with van der Waals surface area (Å²) in [6.07, 6.45) is -1.06. The fourth-order valence-electron chi connectivity index (χ4n) is 2.15. The molecule has 0 spiro atoms. The van der Waals surface area contributed by atoms with Gasteiger partial charge in [0.15, 0.2) is 0 Å². The fourth-order valence-corrected chi connectivity index (χ4v) is 2.15. The molecule has 2 atom stereocenters. The van der Waals surface area contributed by atoms with Crippen molar-refractivity contribution in [1.29, 1.82) is 0 Å². The number of ether oxygens (including phenoxy) is 1. The Hall–Kier alpha value is -2.08. The van der Waals surface area contributed by atoms with Crippen LogP contribution in [0.25, 0.3) is 0 Å². The van der Waals surface area contributed by atoms with Crippen LogP contribution in [0.1, 0.15) is 33.3 Å². The predicted octanol–water partition coefficient (Wildman–Crippen LogP) is 1.96. The van der Waals surface area contributed by atoms with Crippen LogP contribution >= 0.6 is 0 Å². The van der Waals surface area contributed by atoms with E-state index in [2.05, 4.69) is 5.32 Å². The van der Waals surface area contributed by atoms with E-state index < -0.39 is 23.8 Å². The Bertz CT molecular complexity index is 540. The molecule has 1 rings (SSSR count). The number of aliphatic hydroxyl groups is 1. The molecule has 1 aromatic carbocycles. The lowest BCUT2D eigenvalue weighted by molar-refractivity contribution is -0.129. The van der Waals surface area contributed by atoms with Gasteiger partial charge in [-0.25, -0.2) is 4.79 Å². The molecule has 1 aromatic rings. The minimum Gasteiger partial charge on any atom is -0.444 e. The molecule has 0 heterocycles. The highest BCUT2D eigenvalue weighted by atomic mass is 16.6. The lowest BCUT2D eigenvalue weighted by Crippen LogP contribution is -2.50. The molecule has 6 nitrogen and oxygen atoms in total. The maximum atomic E-state index is 12.1. The Labute approximate surface area is 143 Å². The summed E-state index contributed by atoms with van der Waals surface area (Å²) in [6.45, 7) is 6.89. The van der Waals surface area contributed by atoms with Gasteiger partial charge in [-0.15, -0.1) is 0 Å². The van der Waals surface area contributed by atoms with Crippen LogP contribution in [-0.4, -0.2) is 53.3 Å². The van der Waals surface area contributed by atoms with E-state index in [9.17, 15) is 14.7 Å². The molecule has 0 fully saturated rings. The summed E-state index contributed by atoms with van der Waals surface area (Å²) in [5, 5.41) is 13.2. The van der Waals surface area contributed by atoms with E-state index in [1.54, 1.807) is 27.8 Å². The SMILES string of the molecule is CC(=O)N(C)C[C@@H](O)[C@@H](Cc1ccccc1)NC(=O)OC(C)(C)C. The second-order valence-corrected chi connectivity index (χ2v) is 6.91. The summed E-state index contributed by atoms with van der Waals surface area (Å²) in [7, 11) is 1.61. The van der Waals surface area contributed by atoms with Gasteiger partial charge in [0.1, 0.15) is 5.60 Å². The first-order valence-corrected chi connectivity index (χ1v) is 8.01. The van der Waals surface area contributed by atoms with Crippen LogP contribution in [0.2, 0.25) is 0 Å². The van der Waals surface area contributed by atoms with E-state index >= 15 is 0 Å². The van der Waals surface area contributed by atoms with Crippen LogP contribution < -0.4 is 5.32 Å². The highest BCUT2D eigenvalue weighted by molar-refractivity contribution is 5.73. The number of carbonyl (C=O) groups is 2. The van der Waals surface area contributed by atoms with Crippen molar-refractivity contribution in [2.45, 2.75) is 51.9 Å². The maximum Gasteiger partial charge on any atom is 0.407 e. The van der Waals surface area contributed by atoms with Gasteiger partial charge in [-0.1, -0.05) is 30.3 Å². The Morgan fingerprint density at radius 3 is 2.33 bits per heavy atom. The summed E-state index contributed by atoms with van der Waals surface area (Å²) in [5.74, 6) is -0.148. The van der Waals surface area contributed by atoms with E-state index in [0.29, 0.717) is 6.42 Å². The summed E-state index contributed by atoms with van der Waals surface area (Å²) < 4.78 is 5.27. The Morgan fingerprint density at radius 2 is 1.83 bits per heavy atom. The molecule has 0 bridgehead atoms. The molecule has 0 unspecified atom stereocenters. The molecule has 0 saturated carbocycles. The van der Waals surface area contributed by atoms with Gasteiger partial charge in [-0.05, 0) is 32.8 Å². The molecule has 24 heavy (non-hydrogen) atoms. The van der Waals surface area contributed by atoms with Crippen molar-refractivity contribution in [1.82, 2.24) is 10.2 Å². The number of rotatable bonds is 6. The highest BCUT2D eigenvalue weighted by Crippen LogP contribution is 2.11. The Kier molecular flexibility index (Phi) is 7.22. The van der Waals surface area contributed by atoms with Crippen molar-refractivity contribution in [2.75, 3.05) is 13.6 Å². The zero-order valence-corrected chi connectivity index (χ0v) is 15.1.